The predicted octanol–water partition coefficient (Wildman–Crippen LogP) is 17.1. The summed E-state index contributed by atoms with van der Waals surface area (Å²) in [4.78, 5) is 43.1. The van der Waals surface area contributed by atoms with E-state index < -0.39 is 5.97 Å². The van der Waals surface area contributed by atoms with Gasteiger partial charge in [0.15, 0.2) is 11.3 Å². The molecular formula is C78H60F2N14O2. The lowest BCUT2D eigenvalue weighted by Gasteiger charge is -2.11. The summed E-state index contributed by atoms with van der Waals surface area (Å²) in [7, 11) is 1.34. The fourth-order valence-corrected chi connectivity index (χ4v) is 11.7. The molecular weight excluding hydrogens is 1200 g/mol. The number of aromatic nitrogens is 14. The van der Waals surface area contributed by atoms with Gasteiger partial charge in [-0.1, -0.05) is 66.2 Å². The third-order valence-corrected chi connectivity index (χ3v) is 16.7. The Morgan fingerprint density at radius 2 is 0.958 bits per heavy atom. The van der Waals surface area contributed by atoms with E-state index in [0.717, 1.165) is 107 Å². The first-order valence-corrected chi connectivity index (χ1v) is 31.1. The van der Waals surface area contributed by atoms with Gasteiger partial charge in [-0.25, -0.2) is 37.6 Å². The van der Waals surface area contributed by atoms with Crippen molar-refractivity contribution in [2.45, 2.75) is 39.5 Å². The lowest BCUT2D eigenvalue weighted by Crippen LogP contribution is -2.03. The zero-order valence-corrected chi connectivity index (χ0v) is 52.6. The smallest absolute Gasteiger partial charge is 0.340 e. The first-order valence-electron chi connectivity index (χ1n) is 31.1. The summed E-state index contributed by atoms with van der Waals surface area (Å²) >= 11 is 0. The summed E-state index contributed by atoms with van der Waals surface area (Å²) in [6.45, 7) is 5.56. The highest BCUT2D eigenvalue weighted by atomic mass is 19.1. The van der Waals surface area contributed by atoms with Crippen molar-refractivity contribution < 1.29 is 18.3 Å². The first-order chi connectivity index (χ1) is 47.0. The van der Waals surface area contributed by atoms with Crippen LogP contribution < -0.4 is 0 Å². The number of nitrogens with zero attached hydrogens (tertiary/aromatic N) is 13. The van der Waals surface area contributed by atoms with Gasteiger partial charge in [0.05, 0.1) is 47.2 Å². The van der Waals surface area contributed by atoms with Crippen LogP contribution in [0, 0.1) is 32.4 Å². The molecule has 18 heteroatoms. The maximum atomic E-state index is 13.7. The van der Waals surface area contributed by atoms with Crippen LogP contribution in [-0.2, 0) is 4.74 Å². The van der Waals surface area contributed by atoms with Crippen molar-refractivity contribution in [3.05, 3.63) is 296 Å². The van der Waals surface area contributed by atoms with Crippen LogP contribution in [0.2, 0.25) is 0 Å². The fourth-order valence-electron chi connectivity index (χ4n) is 11.7. The third-order valence-electron chi connectivity index (χ3n) is 16.7. The van der Waals surface area contributed by atoms with Gasteiger partial charge in [-0.3, -0.25) is 25.0 Å². The number of carbonyl (C=O) groups is 1. The zero-order valence-electron chi connectivity index (χ0n) is 52.6. The molecule has 96 heavy (non-hydrogen) atoms. The van der Waals surface area contributed by atoms with Gasteiger partial charge in [0.25, 0.3) is 0 Å². The van der Waals surface area contributed by atoms with Gasteiger partial charge in [0.1, 0.15) is 29.9 Å². The predicted molar refractivity (Wildman–Crippen MR) is 369 cm³/mol. The average molecular weight is 1260 g/mol. The number of rotatable bonds is 10. The Morgan fingerprint density at radius 3 is 1.48 bits per heavy atom. The van der Waals surface area contributed by atoms with E-state index in [1.807, 2.05) is 114 Å². The molecule has 17 rings (SSSR count). The van der Waals surface area contributed by atoms with Crippen LogP contribution in [-0.4, -0.2) is 81.8 Å². The molecule has 11 aromatic heterocycles. The minimum Gasteiger partial charge on any atom is -0.465 e. The molecule has 16 nitrogen and oxygen atoms in total. The topological polar surface area (TPSA) is 184 Å². The van der Waals surface area contributed by atoms with Gasteiger partial charge < -0.3 is 9.14 Å². The third kappa shape index (κ3) is 13.0. The Morgan fingerprint density at radius 1 is 0.469 bits per heavy atom. The van der Waals surface area contributed by atoms with Crippen molar-refractivity contribution in [1.82, 2.24) is 68.7 Å². The fraction of sp³-hybridized carbons (Fsp3) is 0.0897. The molecule has 1 saturated carbocycles. The SMILES string of the molecule is COC(=O)c1cc(-c2cccnc2-c2ccc(F)c(C)c2)cc2cn[nH]c12.Cc1cc(-c2ncccc2-c2ccc3ncnn3c2)ccc1F.Cc1cccc(-c2ncccc2-c2ccc3ncnn3c2)c1.c1cc(-c2ncccc2-c2ccc3nccn3c2)cc(C2CC2)c1. The number of halogens is 2. The summed E-state index contributed by atoms with van der Waals surface area (Å²) in [5.41, 5.74) is 23.0. The van der Waals surface area contributed by atoms with Crippen molar-refractivity contribution in [2.75, 3.05) is 7.11 Å². The molecule has 16 aromatic rings. The van der Waals surface area contributed by atoms with Gasteiger partial charge in [-0.15, -0.1) is 0 Å². The highest BCUT2D eigenvalue weighted by molar-refractivity contribution is 6.05. The molecule has 468 valence electrons. The Bertz CT molecular complexity index is 5520. The second-order valence-corrected chi connectivity index (χ2v) is 23.2. The Kier molecular flexibility index (Phi) is 17.1. The number of hydrogen-bond donors (Lipinski definition) is 1. The maximum absolute atomic E-state index is 13.7. The number of ether oxygens (including phenoxy) is 1. The van der Waals surface area contributed by atoms with Crippen LogP contribution in [0.25, 0.3) is 117 Å². The second-order valence-electron chi connectivity index (χ2n) is 23.2. The highest BCUT2D eigenvalue weighted by Crippen LogP contribution is 2.42. The van der Waals surface area contributed by atoms with E-state index in [-0.39, 0.29) is 11.6 Å². The van der Waals surface area contributed by atoms with Crippen LogP contribution in [0.3, 0.4) is 0 Å². The number of benzene rings is 5. The normalized spacial score (nSPS) is 11.8. The van der Waals surface area contributed by atoms with Crippen LogP contribution in [0.5, 0.6) is 0 Å². The van der Waals surface area contributed by atoms with Crippen LogP contribution in [0.4, 0.5) is 8.78 Å². The van der Waals surface area contributed by atoms with Gasteiger partial charge in [-0.2, -0.15) is 15.3 Å². The molecule has 0 unspecified atom stereocenters. The monoisotopic (exact) mass is 1260 g/mol. The van der Waals surface area contributed by atoms with E-state index in [2.05, 4.69) is 141 Å². The summed E-state index contributed by atoms with van der Waals surface area (Å²) in [5.74, 6) is -0.173. The van der Waals surface area contributed by atoms with Gasteiger partial charge in [-0.05, 0) is 183 Å². The van der Waals surface area contributed by atoms with Crippen molar-refractivity contribution in [1.29, 1.82) is 0 Å². The highest BCUT2D eigenvalue weighted by Gasteiger charge is 2.24. The molecule has 0 aliphatic heterocycles. The van der Waals surface area contributed by atoms with Gasteiger partial charge >= 0.3 is 5.97 Å². The lowest BCUT2D eigenvalue weighted by atomic mass is 9.96. The number of esters is 1. The molecule has 11 heterocycles. The summed E-state index contributed by atoms with van der Waals surface area (Å²) in [5, 5.41) is 16.0. The summed E-state index contributed by atoms with van der Waals surface area (Å²) in [6, 6.07) is 58.8. The average Bonchev–Trinajstić information content (AvgIpc) is 1.34. The number of pyridine rings is 7. The molecule has 0 spiro atoms. The molecule has 1 aliphatic carbocycles. The zero-order chi connectivity index (χ0) is 65.7. The summed E-state index contributed by atoms with van der Waals surface area (Å²) in [6.07, 6.45) is 24.3. The molecule has 0 amide bonds. The van der Waals surface area contributed by atoms with Crippen molar-refractivity contribution >= 4 is 33.8 Å². The largest absolute Gasteiger partial charge is 0.465 e. The van der Waals surface area contributed by atoms with Crippen molar-refractivity contribution in [2.24, 2.45) is 0 Å². The van der Waals surface area contributed by atoms with E-state index in [0.29, 0.717) is 27.9 Å². The van der Waals surface area contributed by atoms with Gasteiger partial charge in [0.2, 0.25) is 0 Å². The number of aromatic amines is 1. The molecule has 1 N–H and O–H groups in total. The minimum absolute atomic E-state index is 0.213. The number of carbonyl (C=O) groups excluding carboxylic acids is 1. The Hall–Kier alpha value is -12.6. The minimum atomic E-state index is -0.450. The van der Waals surface area contributed by atoms with E-state index in [1.165, 1.54) is 55.1 Å². The van der Waals surface area contributed by atoms with Crippen molar-refractivity contribution in [3.8, 4) is 89.5 Å². The number of H-pyrrole nitrogens is 1. The molecule has 5 aromatic carbocycles. The van der Waals surface area contributed by atoms with Crippen LogP contribution in [0.15, 0.2) is 257 Å². The number of aryl methyl sites for hydroxylation is 3. The number of nitrogens with one attached hydrogen (secondary N) is 1. The standard InChI is InChI=1S/C21H16FN3O2.C21H17N3.C18H13FN4.C18H14N4/c1-12-8-13(5-6-18(12)22)19-16(4-3-7-23-19)14-9-15-11-24-25-20(15)17(10-14)21(26)27-2;1-3-16(15-6-7-15)13-17(4-1)21-19(5-2-10-23-21)18-8-9-20-22-11-12-24(20)14-18;1-12-9-13(4-6-16(12)19)18-15(3-2-8-20-18)14-5-7-17-21-11-22-23(17)10-14;1-13-4-2-5-14(10-13)18-16(6-3-9-19-18)15-7-8-17-20-12-21-22(17)11-15/h3-11H,1-2H3,(H,24,25);1-5,8-15H,6-7H2;2-11H,1H3;2-12H,1H3. The first kappa shape index (κ1) is 61.0. The van der Waals surface area contributed by atoms with Crippen LogP contribution >= 0.6 is 0 Å². The van der Waals surface area contributed by atoms with Gasteiger partial charge in [0, 0.05) is 122 Å². The maximum Gasteiger partial charge on any atom is 0.340 e. The Labute approximate surface area is 550 Å². The Balaban J connectivity index is 0.000000110. The molecule has 1 aliphatic rings. The molecule has 0 saturated heterocycles. The number of methoxy groups -OCH3 is 1. The quantitative estimate of drug-likeness (QED) is 0.128. The number of hydrogen-bond acceptors (Lipinski definition) is 12. The molecule has 0 atom stereocenters. The van der Waals surface area contributed by atoms with E-state index in [4.69, 9.17) is 4.74 Å². The second kappa shape index (κ2) is 26.9. The van der Waals surface area contributed by atoms with Crippen molar-refractivity contribution in [3.63, 3.8) is 0 Å². The number of imidazole rings is 1. The van der Waals surface area contributed by atoms with E-state index >= 15 is 0 Å². The van der Waals surface area contributed by atoms with Crippen LogP contribution in [0.1, 0.15) is 51.4 Å². The summed E-state index contributed by atoms with van der Waals surface area (Å²) < 4.78 is 37.7. The lowest BCUT2D eigenvalue weighted by molar-refractivity contribution is 0.0602. The molecule has 1 fully saturated rings. The number of fused-ring (bicyclic) bond motifs is 4. The van der Waals surface area contributed by atoms with E-state index in [1.54, 1.807) is 72.1 Å². The molecule has 0 radical (unpaired) electrons. The van der Waals surface area contributed by atoms with E-state index in [9.17, 15) is 13.6 Å². The molecule has 0 bridgehead atoms.